The fourth-order valence-electron chi connectivity index (χ4n) is 4.45. The lowest BCUT2D eigenvalue weighted by Gasteiger charge is -2.35. The molecule has 2 fully saturated rings. The highest BCUT2D eigenvalue weighted by molar-refractivity contribution is 8.26. The molecule has 3 aromatic rings. The maximum atomic E-state index is 13.6. The molecule has 2 amide bonds. The Morgan fingerprint density at radius 2 is 1.85 bits per heavy atom. The van der Waals surface area contributed by atoms with Crippen molar-refractivity contribution in [3.05, 3.63) is 75.0 Å². The highest BCUT2D eigenvalue weighted by atomic mass is 32.2. The quantitative estimate of drug-likeness (QED) is 0.329. The molecule has 0 atom stereocenters. The SMILES string of the molecule is CCOC(=O)N1CCN(c2nc3ccccn3c(=O)c2/C=C2/SC(=S)N(Cc3ccc(OC)cc3)C2=O)CC1. The van der Waals surface area contributed by atoms with Gasteiger partial charge in [0.15, 0.2) is 0 Å². The van der Waals surface area contributed by atoms with E-state index in [1.165, 1.54) is 9.30 Å². The van der Waals surface area contributed by atoms with Crippen molar-refractivity contribution in [2.24, 2.45) is 0 Å². The van der Waals surface area contributed by atoms with Crippen LogP contribution in [0.25, 0.3) is 11.7 Å². The van der Waals surface area contributed by atoms with Gasteiger partial charge in [0.25, 0.3) is 11.5 Å². The van der Waals surface area contributed by atoms with Gasteiger partial charge in [-0.15, -0.1) is 0 Å². The Hall–Kier alpha value is -3.90. The Morgan fingerprint density at radius 1 is 1.10 bits per heavy atom. The second-order valence-electron chi connectivity index (χ2n) is 8.87. The van der Waals surface area contributed by atoms with Gasteiger partial charge in [-0.1, -0.05) is 42.2 Å². The first-order chi connectivity index (χ1) is 18.9. The maximum absolute atomic E-state index is 13.6. The number of hydrogen-bond acceptors (Lipinski definition) is 9. The second kappa shape index (κ2) is 11.5. The molecule has 1 aromatic carbocycles. The number of benzene rings is 1. The molecule has 202 valence electrons. The van der Waals surface area contributed by atoms with E-state index in [-0.39, 0.29) is 17.6 Å². The molecule has 0 unspecified atom stereocenters. The third-order valence-electron chi connectivity index (χ3n) is 6.50. The Labute approximate surface area is 234 Å². The van der Waals surface area contributed by atoms with E-state index in [0.717, 1.165) is 23.1 Å². The number of carbonyl (C=O) groups is 2. The van der Waals surface area contributed by atoms with Crippen LogP contribution in [0, 0.1) is 0 Å². The molecule has 0 N–H and O–H groups in total. The zero-order valence-corrected chi connectivity index (χ0v) is 23.2. The zero-order valence-electron chi connectivity index (χ0n) is 21.5. The third kappa shape index (κ3) is 5.48. The van der Waals surface area contributed by atoms with Gasteiger partial charge in [-0.05, 0) is 42.8 Å². The molecule has 4 heterocycles. The molecule has 39 heavy (non-hydrogen) atoms. The number of ether oxygens (including phenoxy) is 2. The van der Waals surface area contributed by atoms with Crippen LogP contribution in [0.1, 0.15) is 18.1 Å². The molecule has 2 saturated heterocycles. The number of thioether (sulfide) groups is 1. The van der Waals surface area contributed by atoms with Crippen molar-refractivity contribution in [1.29, 1.82) is 0 Å². The van der Waals surface area contributed by atoms with Gasteiger partial charge in [0, 0.05) is 32.4 Å². The Balaban J connectivity index is 1.46. The van der Waals surface area contributed by atoms with Crippen LogP contribution in [-0.4, -0.2) is 75.4 Å². The Bertz CT molecular complexity index is 1510. The molecule has 10 nitrogen and oxygen atoms in total. The lowest BCUT2D eigenvalue weighted by Crippen LogP contribution is -2.49. The fraction of sp³-hybridized carbons (Fsp3) is 0.296. The first kappa shape index (κ1) is 26.7. The van der Waals surface area contributed by atoms with Gasteiger partial charge >= 0.3 is 6.09 Å². The summed E-state index contributed by atoms with van der Waals surface area (Å²) in [5.74, 6) is 0.926. The van der Waals surface area contributed by atoms with Crippen LogP contribution in [0.2, 0.25) is 0 Å². The lowest BCUT2D eigenvalue weighted by molar-refractivity contribution is -0.122. The van der Waals surface area contributed by atoms with Crippen molar-refractivity contribution >= 4 is 57.8 Å². The molecule has 0 spiro atoms. The number of piperazine rings is 1. The van der Waals surface area contributed by atoms with E-state index in [4.69, 9.17) is 26.7 Å². The summed E-state index contributed by atoms with van der Waals surface area (Å²) in [6.07, 6.45) is 2.89. The minimum atomic E-state index is -0.357. The van der Waals surface area contributed by atoms with E-state index in [9.17, 15) is 14.4 Å². The number of nitrogens with zero attached hydrogens (tertiary/aromatic N) is 5. The second-order valence-corrected chi connectivity index (χ2v) is 10.5. The number of pyridine rings is 1. The van der Waals surface area contributed by atoms with Crippen LogP contribution in [0.3, 0.4) is 0 Å². The maximum Gasteiger partial charge on any atom is 0.409 e. The van der Waals surface area contributed by atoms with Crippen molar-refractivity contribution in [3.8, 4) is 5.75 Å². The molecule has 0 aliphatic carbocycles. The smallest absolute Gasteiger partial charge is 0.409 e. The standard InChI is InChI=1S/C27H27N5O5S2/c1-3-37-26(35)30-14-12-29(13-15-30)23-20(24(33)31-11-5-4-6-22(31)28-23)16-21-25(34)32(27(38)39-21)17-18-7-9-19(36-2)10-8-18/h4-11,16H,3,12-15,17H2,1-2H3/b21-16+. The largest absolute Gasteiger partial charge is 0.497 e. The van der Waals surface area contributed by atoms with Crippen molar-refractivity contribution in [3.63, 3.8) is 0 Å². The zero-order chi connectivity index (χ0) is 27.5. The van der Waals surface area contributed by atoms with Crippen LogP contribution in [0.15, 0.2) is 58.4 Å². The molecule has 12 heteroatoms. The van der Waals surface area contributed by atoms with Crippen LogP contribution in [0.4, 0.5) is 10.6 Å². The van der Waals surface area contributed by atoms with Crippen molar-refractivity contribution in [2.75, 3.05) is 44.8 Å². The van der Waals surface area contributed by atoms with Gasteiger partial charge < -0.3 is 19.3 Å². The molecule has 5 rings (SSSR count). The number of aromatic nitrogens is 2. The number of amides is 2. The van der Waals surface area contributed by atoms with Crippen molar-refractivity contribution in [1.82, 2.24) is 19.2 Å². The van der Waals surface area contributed by atoms with Gasteiger partial charge in [-0.2, -0.15) is 0 Å². The van der Waals surface area contributed by atoms with E-state index >= 15 is 0 Å². The molecule has 2 aromatic heterocycles. The van der Waals surface area contributed by atoms with Crippen LogP contribution < -0.4 is 15.2 Å². The van der Waals surface area contributed by atoms with Gasteiger partial charge in [-0.3, -0.25) is 18.9 Å². The number of methoxy groups -OCH3 is 1. The van der Waals surface area contributed by atoms with Crippen molar-refractivity contribution in [2.45, 2.75) is 13.5 Å². The molecular formula is C27H27N5O5S2. The van der Waals surface area contributed by atoms with E-state index in [2.05, 4.69) is 0 Å². The number of fused-ring (bicyclic) bond motifs is 1. The monoisotopic (exact) mass is 565 g/mol. The lowest BCUT2D eigenvalue weighted by atomic mass is 10.2. The summed E-state index contributed by atoms with van der Waals surface area (Å²) >= 11 is 6.69. The summed E-state index contributed by atoms with van der Waals surface area (Å²) in [5, 5.41) is 0. The Morgan fingerprint density at radius 3 is 2.54 bits per heavy atom. The van der Waals surface area contributed by atoms with E-state index in [1.54, 1.807) is 43.3 Å². The fourth-order valence-corrected chi connectivity index (χ4v) is 5.69. The summed E-state index contributed by atoms with van der Waals surface area (Å²) in [4.78, 5) is 49.5. The van der Waals surface area contributed by atoms with Crippen LogP contribution in [0.5, 0.6) is 5.75 Å². The van der Waals surface area contributed by atoms with Gasteiger partial charge in [-0.25, -0.2) is 9.78 Å². The number of thiocarbonyl (C=S) groups is 1. The molecule has 0 bridgehead atoms. The summed E-state index contributed by atoms with van der Waals surface area (Å²) in [7, 11) is 1.60. The van der Waals surface area contributed by atoms with Gasteiger partial charge in [0.2, 0.25) is 0 Å². The predicted molar refractivity (Wildman–Crippen MR) is 154 cm³/mol. The number of anilines is 1. The summed E-state index contributed by atoms with van der Waals surface area (Å²) < 4.78 is 12.2. The topological polar surface area (TPSA) is 96.7 Å². The average molecular weight is 566 g/mol. The number of carbonyl (C=O) groups excluding carboxylic acids is 2. The van der Waals surface area contributed by atoms with Gasteiger partial charge in [0.1, 0.15) is 21.5 Å². The minimum Gasteiger partial charge on any atom is -0.497 e. The van der Waals surface area contributed by atoms with Crippen LogP contribution >= 0.6 is 24.0 Å². The van der Waals surface area contributed by atoms with E-state index in [1.807, 2.05) is 35.2 Å². The number of rotatable bonds is 6. The number of hydrogen-bond donors (Lipinski definition) is 0. The Kier molecular flexibility index (Phi) is 7.84. The third-order valence-corrected chi connectivity index (χ3v) is 7.88. The highest BCUT2D eigenvalue weighted by Crippen LogP contribution is 2.34. The highest BCUT2D eigenvalue weighted by Gasteiger charge is 2.33. The summed E-state index contributed by atoms with van der Waals surface area (Å²) in [6, 6.07) is 12.8. The molecule has 0 radical (unpaired) electrons. The minimum absolute atomic E-state index is 0.267. The van der Waals surface area contributed by atoms with Crippen LogP contribution in [-0.2, 0) is 16.1 Å². The van der Waals surface area contributed by atoms with E-state index in [0.29, 0.717) is 65.6 Å². The molecule has 0 saturated carbocycles. The summed E-state index contributed by atoms with van der Waals surface area (Å²) in [5.41, 5.74) is 1.41. The average Bonchev–Trinajstić information content (AvgIpc) is 3.22. The molecule has 2 aliphatic heterocycles. The van der Waals surface area contributed by atoms with E-state index < -0.39 is 0 Å². The molecular weight excluding hydrogens is 538 g/mol. The van der Waals surface area contributed by atoms with Gasteiger partial charge in [0.05, 0.1) is 30.7 Å². The van der Waals surface area contributed by atoms with Crippen molar-refractivity contribution < 1.29 is 19.1 Å². The molecule has 2 aliphatic rings. The first-order valence-electron chi connectivity index (χ1n) is 12.5. The first-order valence-corrected chi connectivity index (χ1v) is 13.7. The normalized spacial score (nSPS) is 16.9. The predicted octanol–water partition coefficient (Wildman–Crippen LogP) is 3.38. The summed E-state index contributed by atoms with van der Waals surface area (Å²) in [6.45, 7) is 4.18.